The van der Waals surface area contributed by atoms with E-state index < -0.39 is 5.91 Å². The highest BCUT2D eigenvalue weighted by atomic mass is 16.1. The van der Waals surface area contributed by atoms with Gasteiger partial charge in [-0.2, -0.15) is 0 Å². The fourth-order valence-corrected chi connectivity index (χ4v) is 2.12. The molecule has 0 unspecified atom stereocenters. The summed E-state index contributed by atoms with van der Waals surface area (Å²) in [6.07, 6.45) is 5.56. The van der Waals surface area contributed by atoms with Gasteiger partial charge in [0.1, 0.15) is 5.65 Å². The smallest absolute Gasteiger partial charge is 0.247 e. The number of amides is 1. The summed E-state index contributed by atoms with van der Waals surface area (Å²) >= 11 is 0. The van der Waals surface area contributed by atoms with Crippen LogP contribution >= 0.6 is 0 Å². The molecule has 21 heavy (non-hydrogen) atoms. The molecule has 0 aliphatic carbocycles. The van der Waals surface area contributed by atoms with Gasteiger partial charge in [-0.25, -0.2) is 9.83 Å². The Balaban J connectivity index is 2.41. The third kappa shape index (κ3) is 3.20. The minimum atomic E-state index is -0.705. The van der Waals surface area contributed by atoms with Crippen LogP contribution in [0.1, 0.15) is 19.4 Å². The predicted molar refractivity (Wildman–Crippen MR) is 82.4 cm³/mol. The second-order valence-electron chi connectivity index (χ2n) is 4.96. The SMILES string of the molecule is [C-]#[N+]/C(=C\Cc1c[nH]c2nccc(NC(C)C)c12)C(N)=O. The number of hydrogen-bond donors (Lipinski definition) is 3. The van der Waals surface area contributed by atoms with E-state index in [0.717, 1.165) is 22.3 Å². The van der Waals surface area contributed by atoms with Gasteiger partial charge in [0.2, 0.25) is 11.6 Å². The number of nitrogens with zero attached hydrogens (tertiary/aromatic N) is 2. The van der Waals surface area contributed by atoms with Crippen LogP contribution in [0, 0.1) is 6.57 Å². The Kier molecular flexibility index (Phi) is 4.24. The largest absolute Gasteiger partial charge is 0.382 e. The molecule has 0 saturated carbocycles. The number of hydrogen-bond acceptors (Lipinski definition) is 3. The molecule has 0 aliphatic heterocycles. The first-order valence-electron chi connectivity index (χ1n) is 6.62. The average Bonchev–Trinajstić information content (AvgIpc) is 2.83. The average molecular weight is 283 g/mol. The molecule has 0 aromatic carbocycles. The van der Waals surface area contributed by atoms with Crippen LogP contribution in [0.5, 0.6) is 0 Å². The number of rotatable bonds is 5. The number of pyridine rings is 1. The lowest BCUT2D eigenvalue weighted by molar-refractivity contribution is -0.114. The van der Waals surface area contributed by atoms with E-state index in [0.29, 0.717) is 12.5 Å². The first-order valence-corrected chi connectivity index (χ1v) is 6.62. The zero-order chi connectivity index (χ0) is 15.4. The molecule has 6 nitrogen and oxygen atoms in total. The van der Waals surface area contributed by atoms with Crippen LogP contribution < -0.4 is 11.1 Å². The third-order valence-corrected chi connectivity index (χ3v) is 2.99. The minimum Gasteiger partial charge on any atom is -0.382 e. The van der Waals surface area contributed by atoms with Crippen molar-refractivity contribution in [2.75, 3.05) is 5.32 Å². The van der Waals surface area contributed by atoms with Crippen molar-refractivity contribution in [1.82, 2.24) is 9.97 Å². The number of nitrogens with two attached hydrogens (primary N) is 1. The highest BCUT2D eigenvalue weighted by Crippen LogP contribution is 2.26. The summed E-state index contributed by atoms with van der Waals surface area (Å²) in [5, 5.41) is 4.33. The van der Waals surface area contributed by atoms with E-state index in [4.69, 9.17) is 12.3 Å². The third-order valence-electron chi connectivity index (χ3n) is 2.99. The van der Waals surface area contributed by atoms with Crippen molar-refractivity contribution in [1.29, 1.82) is 0 Å². The number of carbonyl (C=O) groups excluding carboxylic acids is 1. The molecule has 2 rings (SSSR count). The topological polar surface area (TPSA) is 88.2 Å². The summed E-state index contributed by atoms with van der Waals surface area (Å²) < 4.78 is 0. The molecule has 0 atom stereocenters. The number of carbonyl (C=O) groups is 1. The van der Waals surface area contributed by atoms with Crippen LogP contribution in [0.4, 0.5) is 5.69 Å². The fourth-order valence-electron chi connectivity index (χ4n) is 2.12. The normalized spacial score (nSPS) is 11.6. The number of aromatic amines is 1. The molecule has 0 saturated heterocycles. The van der Waals surface area contributed by atoms with Crippen molar-refractivity contribution in [2.24, 2.45) is 5.73 Å². The highest BCUT2D eigenvalue weighted by Gasteiger charge is 2.11. The van der Waals surface area contributed by atoms with Gasteiger partial charge in [-0.05, 0) is 31.9 Å². The van der Waals surface area contributed by atoms with Gasteiger partial charge in [-0.15, -0.1) is 0 Å². The molecule has 2 heterocycles. The quantitative estimate of drug-likeness (QED) is 0.580. The number of aromatic nitrogens is 2. The van der Waals surface area contributed by atoms with Crippen LogP contribution in [0.2, 0.25) is 0 Å². The maximum atomic E-state index is 11.1. The minimum absolute atomic E-state index is 0.0494. The van der Waals surface area contributed by atoms with Crippen LogP contribution in [0.15, 0.2) is 30.2 Å². The van der Waals surface area contributed by atoms with E-state index in [-0.39, 0.29) is 5.70 Å². The molecule has 0 bridgehead atoms. The van der Waals surface area contributed by atoms with Gasteiger partial charge in [-0.3, -0.25) is 4.79 Å². The maximum absolute atomic E-state index is 11.1. The van der Waals surface area contributed by atoms with Crippen molar-refractivity contribution in [2.45, 2.75) is 26.3 Å². The summed E-state index contributed by atoms with van der Waals surface area (Å²) in [4.78, 5) is 21.6. The van der Waals surface area contributed by atoms with Crippen molar-refractivity contribution in [3.05, 3.63) is 47.2 Å². The van der Waals surface area contributed by atoms with Gasteiger partial charge in [0.25, 0.3) is 0 Å². The molecule has 108 valence electrons. The van der Waals surface area contributed by atoms with E-state index >= 15 is 0 Å². The predicted octanol–water partition coefficient (Wildman–Crippen LogP) is 2.21. The summed E-state index contributed by atoms with van der Waals surface area (Å²) in [7, 11) is 0. The molecule has 6 heteroatoms. The first kappa shape index (κ1) is 14.6. The Labute approximate surface area is 122 Å². The summed E-state index contributed by atoms with van der Waals surface area (Å²) in [6.45, 7) is 11.1. The molecule has 4 N–H and O–H groups in total. The lowest BCUT2D eigenvalue weighted by atomic mass is 10.1. The number of allylic oxidation sites excluding steroid dienone is 1. The van der Waals surface area contributed by atoms with E-state index in [1.165, 1.54) is 0 Å². The molecule has 0 radical (unpaired) electrons. The second kappa shape index (κ2) is 6.09. The Hall–Kier alpha value is -2.81. The highest BCUT2D eigenvalue weighted by molar-refractivity contribution is 5.95. The van der Waals surface area contributed by atoms with Crippen molar-refractivity contribution in [3.63, 3.8) is 0 Å². The lowest BCUT2D eigenvalue weighted by Gasteiger charge is -2.11. The molecular formula is C15H17N5O. The van der Waals surface area contributed by atoms with E-state index in [9.17, 15) is 4.79 Å². The number of fused-ring (bicyclic) bond motifs is 1. The summed E-state index contributed by atoms with van der Waals surface area (Å²) in [5.41, 5.74) is 7.80. The molecule has 0 fully saturated rings. The molecule has 2 aromatic rings. The second-order valence-corrected chi connectivity index (χ2v) is 4.96. The Morgan fingerprint density at radius 1 is 1.62 bits per heavy atom. The maximum Gasteiger partial charge on any atom is 0.247 e. The van der Waals surface area contributed by atoms with Crippen molar-refractivity contribution in [3.8, 4) is 0 Å². The fraction of sp³-hybridized carbons (Fsp3) is 0.267. The Morgan fingerprint density at radius 2 is 2.38 bits per heavy atom. The van der Waals surface area contributed by atoms with Gasteiger partial charge in [0.05, 0.1) is 6.57 Å². The van der Waals surface area contributed by atoms with Crippen molar-refractivity contribution >= 4 is 22.6 Å². The number of anilines is 1. The Morgan fingerprint density at radius 3 is 3.00 bits per heavy atom. The van der Waals surface area contributed by atoms with Gasteiger partial charge in [0.15, 0.2) is 0 Å². The number of nitrogens with one attached hydrogen (secondary N) is 2. The molecule has 0 spiro atoms. The van der Waals surface area contributed by atoms with Crippen LogP contribution in [-0.4, -0.2) is 21.9 Å². The number of primary amides is 1. The Bertz CT molecular complexity index is 736. The summed E-state index contributed by atoms with van der Waals surface area (Å²) in [6, 6.07) is 2.20. The van der Waals surface area contributed by atoms with E-state index in [2.05, 4.69) is 34.0 Å². The van der Waals surface area contributed by atoms with E-state index in [1.807, 2.05) is 12.3 Å². The van der Waals surface area contributed by atoms with Crippen LogP contribution in [0.3, 0.4) is 0 Å². The molecular weight excluding hydrogens is 266 g/mol. The van der Waals surface area contributed by atoms with Gasteiger partial charge in [0, 0.05) is 29.5 Å². The van der Waals surface area contributed by atoms with Gasteiger partial charge >= 0.3 is 0 Å². The van der Waals surface area contributed by atoms with Crippen LogP contribution in [0.25, 0.3) is 15.9 Å². The summed E-state index contributed by atoms with van der Waals surface area (Å²) in [5.74, 6) is -0.705. The van der Waals surface area contributed by atoms with Crippen molar-refractivity contribution < 1.29 is 4.79 Å². The molecule has 1 amide bonds. The molecule has 2 aromatic heterocycles. The standard InChI is InChI=1S/C15H17N5O/c1-9(2)20-11-6-7-18-15-13(11)10(8-19-15)4-5-12(17-3)14(16)21/h5-9H,4H2,1-2H3,(H2,16,21)(H2,18,19,20)/b12-5-. The lowest BCUT2D eigenvalue weighted by Crippen LogP contribution is -2.12. The van der Waals surface area contributed by atoms with Crippen LogP contribution in [-0.2, 0) is 11.2 Å². The van der Waals surface area contributed by atoms with Gasteiger partial charge < -0.3 is 16.0 Å². The monoisotopic (exact) mass is 283 g/mol. The first-order chi connectivity index (χ1) is 10.0. The zero-order valence-corrected chi connectivity index (χ0v) is 12.0. The van der Waals surface area contributed by atoms with Gasteiger partial charge in [-0.1, -0.05) is 6.08 Å². The number of H-pyrrole nitrogens is 1. The van der Waals surface area contributed by atoms with E-state index in [1.54, 1.807) is 12.3 Å². The zero-order valence-electron chi connectivity index (χ0n) is 12.0. The molecule has 0 aliphatic rings.